The molecule has 1 aromatic carbocycles. The second kappa shape index (κ2) is 8.99. The number of aliphatic carboxylic acids is 1. The Labute approximate surface area is 142 Å². The first-order valence-corrected chi connectivity index (χ1v) is 8.39. The molecule has 1 saturated heterocycles. The van der Waals surface area contributed by atoms with Gasteiger partial charge in [-0.3, -0.25) is 9.69 Å². The fraction of sp³-hybridized carbons (Fsp3) is 0.611. The van der Waals surface area contributed by atoms with E-state index in [4.69, 9.17) is 9.47 Å². The van der Waals surface area contributed by atoms with Gasteiger partial charge < -0.3 is 14.6 Å². The summed E-state index contributed by atoms with van der Waals surface area (Å²) in [5.41, 5.74) is -0.688. The van der Waals surface area contributed by atoms with Crippen LogP contribution in [0.5, 0.6) is 5.75 Å². The van der Waals surface area contributed by atoms with E-state index in [9.17, 15) is 14.3 Å². The Balaban J connectivity index is 1.84. The zero-order chi connectivity index (χ0) is 17.4. The van der Waals surface area contributed by atoms with Crippen LogP contribution in [0.25, 0.3) is 0 Å². The zero-order valence-electron chi connectivity index (χ0n) is 14.2. The number of nitrogens with zero attached hydrogens (tertiary/aromatic N) is 1. The van der Waals surface area contributed by atoms with E-state index in [1.165, 1.54) is 12.1 Å². The Bertz CT molecular complexity index is 522. The number of hydrogen-bond donors (Lipinski definition) is 1. The molecule has 134 valence electrons. The first kappa shape index (κ1) is 18.7. The molecular formula is C18H26FNO4. The summed E-state index contributed by atoms with van der Waals surface area (Å²) in [5.74, 6) is -0.388. The Morgan fingerprint density at radius 2 is 2.08 bits per heavy atom. The molecule has 0 spiro atoms. The molecule has 0 saturated carbocycles. The molecule has 1 aliphatic heterocycles. The van der Waals surface area contributed by atoms with Crippen molar-refractivity contribution < 1.29 is 23.8 Å². The summed E-state index contributed by atoms with van der Waals surface area (Å²) < 4.78 is 23.5. The van der Waals surface area contributed by atoms with E-state index < -0.39 is 11.4 Å². The van der Waals surface area contributed by atoms with Crippen LogP contribution >= 0.6 is 0 Å². The molecule has 0 aromatic heterocycles. The average Bonchev–Trinajstić information content (AvgIpc) is 2.57. The van der Waals surface area contributed by atoms with Crippen LogP contribution < -0.4 is 4.74 Å². The Kier molecular flexibility index (Phi) is 6.99. The van der Waals surface area contributed by atoms with E-state index >= 15 is 0 Å². The van der Waals surface area contributed by atoms with Crippen molar-refractivity contribution in [3.8, 4) is 5.75 Å². The number of ether oxygens (including phenoxy) is 2. The molecule has 1 heterocycles. The zero-order valence-corrected chi connectivity index (χ0v) is 14.2. The molecule has 24 heavy (non-hydrogen) atoms. The molecule has 6 heteroatoms. The Morgan fingerprint density at radius 3 is 2.75 bits per heavy atom. The van der Waals surface area contributed by atoms with E-state index in [1.54, 1.807) is 19.2 Å². The smallest absolute Gasteiger partial charge is 0.310 e. The number of halogens is 1. The predicted octanol–water partition coefficient (Wildman–Crippen LogP) is 2.80. The van der Waals surface area contributed by atoms with Crippen molar-refractivity contribution in [1.29, 1.82) is 0 Å². The van der Waals surface area contributed by atoms with Crippen LogP contribution in [-0.4, -0.2) is 55.9 Å². The molecule has 1 aliphatic rings. The van der Waals surface area contributed by atoms with Gasteiger partial charge in [0.15, 0.2) is 0 Å². The second-order valence-corrected chi connectivity index (χ2v) is 6.36. The fourth-order valence-corrected chi connectivity index (χ4v) is 3.28. The SMILES string of the molecule is COCCCC1(C(=O)O)CCCN(CCOc2ccc(F)cc2)C1. The normalized spacial score (nSPS) is 21.6. The van der Waals surface area contributed by atoms with Crippen LogP contribution in [0.3, 0.4) is 0 Å². The highest BCUT2D eigenvalue weighted by molar-refractivity contribution is 5.75. The third-order valence-electron chi connectivity index (χ3n) is 4.60. The predicted molar refractivity (Wildman–Crippen MR) is 88.7 cm³/mol. The van der Waals surface area contributed by atoms with Crippen molar-refractivity contribution in [3.05, 3.63) is 30.1 Å². The largest absolute Gasteiger partial charge is 0.492 e. The van der Waals surface area contributed by atoms with E-state index in [1.807, 2.05) is 0 Å². The van der Waals surface area contributed by atoms with E-state index in [0.29, 0.717) is 44.9 Å². The number of carboxylic acid groups (broad SMARTS) is 1. The lowest BCUT2D eigenvalue weighted by Gasteiger charge is -2.40. The maximum Gasteiger partial charge on any atom is 0.310 e. The second-order valence-electron chi connectivity index (χ2n) is 6.36. The summed E-state index contributed by atoms with van der Waals surface area (Å²) in [6, 6.07) is 5.92. The van der Waals surface area contributed by atoms with Crippen LogP contribution in [0.2, 0.25) is 0 Å². The van der Waals surface area contributed by atoms with Crippen molar-refractivity contribution in [2.75, 3.05) is 40.0 Å². The first-order valence-electron chi connectivity index (χ1n) is 8.39. The average molecular weight is 339 g/mol. The van der Waals surface area contributed by atoms with Gasteiger partial charge in [0.2, 0.25) is 0 Å². The lowest BCUT2D eigenvalue weighted by Crippen LogP contribution is -2.49. The van der Waals surface area contributed by atoms with Crippen LogP contribution in [0.4, 0.5) is 4.39 Å². The quantitative estimate of drug-likeness (QED) is 0.701. The van der Waals surface area contributed by atoms with Crippen LogP contribution in [0.15, 0.2) is 24.3 Å². The van der Waals surface area contributed by atoms with Gasteiger partial charge in [0.25, 0.3) is 0 Å². The van der Waals surface area contributed by atoms with Gasteiger partial charge in [-0.1, -0.05) is 0 Å². The van der Waals surface area contributed by atoms with E-state index in [0.717, 1.165) is 19.4 Å². The number of piperidine rings is 1. The lowest BCUT2D eigenvalue weighted by molar-refractivity contribution is -0.153. The minimum atomic E-state index is -0.720. The van der Waals surface area contributed by atoms with Gasteiger partial charge >= 0.3 is 5.97 Å². The Hall–Kier alpha value is -1.66. The van der Waals surface area contributed by atoms with Gasteiger partial charge in [-0.05, 0) is 56.5 Å². The van der Waals surface area contributed by atoms with Gasteiger partial charge in [-0.25, -0.2) is 4.39 Å². The maximum atomic E-state index is 12.9. The van der Waals surface area contributed by atoms with Crippen LogP contribution in [0, 0.1) is 11.2 Å². The molecule has 0 bridgehead atoms. The standard InChI is InChI=1S/C18H26FNO4/c1-23-12-3-9-18(17(21)22)8-2-10-20(14-18)11-13-24-16-6-4-15(19)5-7-16/h4-7H,2-3,8-14H2,1H3,(H,21,22). The molecule has 1 aromatic rings. The van der Waals surface area contributed by atoms with Crippen LogP contribution in [-0.2, 0) is 9.53 Å². The molecule has 1 atom stereocenters. The minimum Gasteiger partial charge on any atom is -0.492 e. The number of benzene rings is 1. The number of rotatable bonds is 9. The summed E-state index contributed by atoms with van der Waals surface area (Å²) in [5, 5.41) is 9.70. The number of methoxy groups -OCH3 is 1. The minimum absolute atomic E-state index is 0.291. The summed E-state index contributed by atoms with van der Waals surface area (Å²) >= 11 is 0. The molecule has 2 rings (SSSR count). The topological polar surface area (TPSA) is 59.0 Å². The number of carbonyl (C=O) groups is 1. The van der Waals surface area contributed by atoms with Gasteiger partial charge in [0, 0.05) is 26.8 Å². The first-order chi connectivity index (χ1) is 11.6. The van der Waals surface area contributed by atoms with Gasteiger partial charge in [0.1, 0.15) is 18.2 Å². The number of carboxylic acids is 1. The van der Waals surface area contributed by atoms with Gasteiger partial charge in [0.05, 0.1) is 5.41 Å². The summed E-state index contributed by atoms with van der Waals surface area (Å²) in [4.78, 5) is 14.0. The number of hydrogen-bond acceptors (Lipinski definition) is 4. The molecule has 0 aliphatic carbocycles. The molecular weight excluding hydrogens is 313 g/mol. The number of likely N-dealkylation sites (tertiary alicyclic amines) is 1. The van der Waals surface area contributed by atoms with Crippen molar-refractivity contribution >= 4 is 5.97 Å². The monoisotopic (exact) mass is 339 g/mol. The summed E-state index contributed by atoms with van der Waals surface area (Å²) in [7, 11) is 1.63. The fourth-order valence-electron chi connectivity index (χ4n) is 3.28. The highest BCUT2D eigenvalue weighted by Crippen LogP contribution is 2.35. The maximum absolute atomic E-state index is 12.9. The summed E-state index contributed by atoms with van der Waals surface area (Å²) in [6.45, 7) is 3.13. The summed E-state index contributed by atoms with van der Waals surface area (Å²) in [6.07, 6.45) is 2.96. The van der Waals surface area contributed by atoms with E-state index in [-0.39, 0.29) is 5.82 Å². The van der Waals surface area contributed by atoms with Crippen LogP contribution in [0.1, 0.15) is 25.7 Å². The van der Waals surface area contributed by atoms with Gasteiger partial charge in [-0.15, -0.1) is 0 Å². The van der Waals surface area contributed by atoms with Gasteiger partial charge in [-0.2, -0.15) is 0 Å². The molecule has 1 fully saturated rings. The van der Waals surface area contributed by atoms with Crippen molar-refractivity contribution in [2.24, 2.45) is 5.41 Å². The highest BCUT2D eigenvalue weighted by atomic mass is 19.1. The molecule has 0 radical (unpaired) electrons. The van der Waals surface area contributed by atoms with Crippen molar-refractivity contribution in [3.63, 3.8) is 0 Å². The lowest BCUT2D eigenvalue weighted by atomic mass is 9.76. The highest BCUT2D eigenvalue weighted by Gasteiger charge is 2.41. The Morgan fingerprint density at radius 1 is 1.33 bits per heavy atom. The van der Waals surface area contributed by atoms with Crippen molar-refractivity contribution in [1.82, 2.24) is 4.90 Å². The molecule has 1 N–H and O–H groups in total. The van der Waals surface area contributed by atoms with Crippen molar-refractivity contribution in [2.45, 2.75) is 25.7 Å². The molecule has 5 nitrogen and oxygen atoms in total. The third kappa shape index (κ3) is 5.18. The molecule has 0 amide bonds. The third-order valence-corrected chi connectivity index (χ3v) is 4.60. The molecule has 1 unspecified atom stereocenters. The van der Waals surface area contributed by atoms with E-state index in [2.05, 4.69) is 4.90 Å².